The van der Waals surface area contributed by atoms with Crippen molar-refractivity contribution in [1.29, 1.82) is 0 Å². The number of aromatic nitrogens is 2. The summed E-state index contributed by atoms with van der Waals surface area (Å²) in [5, 5.41) is 12.7. The second kappa shape index (κ2) is 12.8. The van der Waals surface area contributed by atoms with E-state index in [-0.39, 0.29) is 19.3 Å². The topological polar surface area (TPSA) is 85.7 Å². The van der Waals surface area contributed by atoms with E-state index < -0.39 is 0 Å². The second-order valence-corrected chi connectivity index (χ2v) is 6.27. The van der Waals surface area contributed by atoms with Gasteiger partial charge in [-0.25, -0.2) is 9.97 Å². The van der Waals surface area contributed by atoms with E-state index in [2.05, 4.69) is 28.8 Å². The summed E-state index contributed by atoms with van der Waals surface area (Å²) < 4.78 is 16.7. The minimum atomic E-state index is 0.110. The van der Waals surface area contributed by atoms with Crippen molar-refractivity contribution in [1.82, 2.24) is 9.97 Å². The summed E-state index contributed by atoms with van der Waals surface area (Å²) in [7, 11) is 3.14. The van der Waals surface area contributed by atoms with Crippen LogP contribution >= 0.6 is 0 Å². The van der Waals surface area contributed by atoms with Gasteiger partial charge in [-0.2, -0.15) is 0 Å². The van der Waals surface area contributed by atoms with Gasteiger partial charge in [-0.15, -0.1) is 0 Å². The Bertz CT molecular complexity index is 680. The van der Waals surface area contributed by atoms with Gasteiger partial charge in [-0.1, -0.05) is 26.0 Å². The Hall–Kier alpha value is -2.54. The molecular weight excluding hydrogens is 358 g/mol. The molecule has 1 atom stereocenters. The molecule has 0 aliphatic carbocycles. The maximum Gasteiger partial charge on any atom is 0.180 e. The van der Waals surface area contributed by atoms with Crippen molar-refractivity contribution in [2.24, 2.45) is 0 Å². The zero-order chi connectivity index (χ0) is 20.9. The van der Waals surface area contributed by atoms with E-state index in [9.17, 15) is 5.11 Å². The van der Waals surface area contributed by atoms with Gasteiger partial charge in [-0.05, 0) is 32.8 Å². The van der Waals surface area contributed by atoms with Gasteiger partial charge in [0.25, 0.3) is 0 Å². The van der Waals surface area contributed by atoms with Crippen LogP contribution in [0.1, 0.15) is 38.9 Å². The van der Waals surface area contributed by atoms with Gasteiger partial charge in [0, 0.05) is 18.2 Å². The largest absolute Gasteiger partial charge is 0.493 e. The molecule has 0 bridgehead atoms. The van der Waals surface area contributed by atoms with E-state index in [0.29, 0.717) is 40.9 Å². The molecule has 0 saturated carbocycles. The molecule has 28 heavy (non-hydrogen) atoms. The van der Waals surface area contributed by atoms with Gasteiger partial charge in [0.2, 0.25) is 0 Å². The minimum absolute atomic E-state index is 0.110. The van der Waals surface area contributed by atoms with Crippen molar-refractivity contribution >= 4 is 5.82 Å². The summed E-state index contributed by atoms with van der Waals surface area (Å²) in [4.78, 5) is 8.69. The fourth-order valence-electron chi connectivity index (χ4n) is 2.69. The smallest absolute Gasteiger partial charge is 0.180 e. The Morgan fingerprint density at radius 3 is 2.64 bits per heavy atom. The van der Waals surface area contributed by atoms with Crippen molar-refractivity contribution in [2.45, 2.75) is 46.1 Å². The molecule has 1 aromatic heterocycles. The summed E-state index contributed by atoms with van der Waals surface area (Å²) in [5.74, 6) is 2.86. The molecule has 0 aliphatic heterocycles. The summed E-state index contributed by atoms with van der Waals surface area (Å²) in [6.45, 7) is 10.2. The molecule has 7 nitrogen and oxygen atoms in total. The number of rotatable bonds is 13. The van der Waals surface area contributed by atoms with Crippen LogP contribution in [0.5, 0.6) is 5.75 Å². The van der Waals surface area contributed by atoms with Crippen molar-refractivity contribution in [3.05, 3.63) is 47.8 Å². The van der Waals surface area contributed by atoms with E-state index in [1.54, 1.807) is 26.5 Å². The molecule has 156 valence electrons. The van der Waals surface area contributed by atoms with Crippen LogP contribution in [0.2, 0.25) is 0 Å². The van der Waals surface area contributed by atoms with Crippen molar-refractivity contribution in [3.8, 4) is 5.75 Å². The van der Waals surface area contributed by atoms with Crippen LogP contribution in [0.25, 0.3) is 0 Å². The average molecular weight is 392 g/mol. The molecule has 0 unspecified atom stereocenters. The van der Waals surface area contributed by atoms with Crippen LogP contribution in [-0.2, 0) is 9.47 Å². The van der Waals surface area contributed by atoms with Gasteiger partial charge in [0.05, 0.1) is 20.4 Å². The van der Waals surface area contributed by atoms with E-state index in [4.69, 9.17) is 14.2 Å². The second-order valence-electron chi connectivity index (χ2n) is 6.27. The predicted molar refractivity (Wildman–Crippen MR) is 111 cm³/mol. The number of allylic oxidation sites excluding steroid dienone is 2. The highest BCUT2D eigenvalue weighted by atomic mass is 16.5. The molecule has 7 heteroatoms. The van der Waals surface area contributed by atoms with Gasteiger partial charge < -0.3 is 24.6 Å². The van der Waals surface area contributed by atoms with Gasteiger partial charge in [0.1, 0.15) is 12.4 Å². The molecule has 1 heterocycles. The van der Waals surface area contributed by atoms with Crippen LogP contribution in [0.15, 0.2) is 42.0 Å². The summed E-state index contributed by atoms with van der Waals surface area (Å²) >= 11 is 0. The Labute approximate surface area is 168 Å². The van der Waals surface area contributed by atoms with E-state index in [1.807, 2.05) is 19.9 Å². The fourth-order valence-corrected chi connectivity index (χ4v) is 2.69. The quantitative estimate of drug-likeness (QED) is 0.391. The Morgan fingerprint density at radius 2 is 2.07 bits per heavy atom. The number of ether oxygens (including phenoxy) is 3. The number of hydrogen-bond acceptors (Lipinski definition) is 7. The molecule has 2 N–H and O–H groups in total. The number of anilines is 1. The van der Waals surface area contributed by atoms with Crippen LogP contribution in [0.4, 0.5) is 5.82 Å². The Kier molecular flexibility index (Phi) is 10.7. The fraction of sp³-hybridized carbons (Fsp3) is 0.524. The lowest BCUT2D eigenvalue weighted by atomic mass is 10.1. The first-order valence-corrected chi connectivity index (χ1v) is 9.47. The highest BCUT2D eigenvalue weighted by molar-refractivity contribution is 5.49. The maximum absolute atomic E-state index is 9.30. The summed E-state index contributed by atoms with van der Waals surface area (Å²) in [5.41, 5.74) is 0.629. The third-order valence-electron chi connectivity index (χ3n) is 4.02. The number of nitrogens with zero attached hydrogens (tertiary/aromatic N) is 2. The molecule has 0 fully saturated rings. The number of aliphatic hydroxyl groups is 1. The SMILES string of the molecule is C=C(COc1cnc(C)nc1N[C@@H](CCC)CCO)/C(OC)=C(\C=C/C)OC. The third kappa shape index (κ3) is 7.23. The van der Waals surface area contributed by atoms with E-state index in [1.165, 1.54) is 0 Å². The standard InChI is InChI=1S/C21H33N3O4/c1-7-9-17(11-12-25)24-21-19(13-22-16(4)23-21)28-14-15(3)20(27-6)18(26-5)10-8-2/h8,10,13,17,25H,3,7,9,11-12,14H2,1-2,4-6H3,(H,22,23,24)/b10-8-,20-18-/t17-/m0/s1. The molecule has 0 aromatic carbocycles. The maximum atomic E-state index is 9.30. The first-order valence-electron chi connectivity index (χ1n) is 9.47. The van der Waals surface area contributed by atoms with Gasteiger partial charge in [-0.3, -0.25) is 0 Å². The number of aryl methyl sites for hydroxylation is 1. The monoisotopic (exact) mass is 391 g/mol. The highest BCUT2D eigenvalue weighted by Gasteiger charge is 2.15. The van der Waals surface area contributed by atoms with Crippen molar-refractivity contribution < 1.29 is 19.3 Å². The lowest BCUT2D eigenvalue weighted by Gasteiger charge is -2.20. The number of nitrogens with one attached hydrogen (secondary N) is 1. The van der Waals surface area contributed by atoms with Crippen molar-refractivity contribution in [2.75, 3.05) is 32.8 Å². The lowest BCUT2D eigenvalue weighted by Crippen LogP contribution is -2.22. The number of methoxy groups -OCH3 is 2. The predicted octanol–water partition coefficient (Wildman–Crippen LogP) is 3.76. The van der Waals surface area contributed by atoms with E-state index >= 15 is 0 Å². The van der Waals surface area contributed by atoms with Crippen LogP contribution in [0, 0.1) is 6.92 Å². The molecule has 0 aliphatic rings. The molecule has 0 radical (unpaired) electrons. The molecule has 1 rings (SSSR count). The van der Waals surface area contributed by atoms with Gasteiger partial charge >= 0.3 is 0 Å². The molecule has 0 amide bonds. The van der Waals surface area contributed by atoms with Crippen LogP contribution < -0.4 is 10.1 Å². The highest BCUT2D eigenvalue weighted by Crippen LogP contribution is 2.25. The first-order chi connectivity index (χ1) is 13.5. The molecule has 0 spiro atoms. The number of hydrogen-bond donors (Lipinski definition) is 2. The Morgan fingerprint density at radius 1 is 1.32 bits per heavy atom. The first kappa shape index (κ1) is 23.5. The molecule has 1 aromatic rings. The molecular formula is C21H33N3O4. The van der Waals surface area contributed by atoms with Crippen LogP contribution in [0.3, 0.4) is 0 Å². The number of aliphatic hydroxyl groups excluding tert-OH is 1. The third-order valence-corrected chi connectivity index (χ3v) is 4.02. The van der Waals surface area contributed by atoms with Gasteiger partial charge in [0.15, 0.2) is 23.1 Å². The summed E-state index contributed by atoms with van der Waals surface area (Å²) in [6, 6.07) is 0.110. The Balaban J connectivity index is 2.98. The van der Waals surface area contributed by atoms with E-state index in [0.717, 1.165) is 12.8 Å². The normalized spacial score (nSPS) is 13.1. The van der Waals surface area contributed by atoms with Crippen LogP contribution in [-0.4, -0.2) is 48.5 Å². The van der Waals surface area contributed by atoms with Crippen molar-refractivity contribution in [3.63, 3.8) is 0 Å². The summed E-state index contributed by atoms with van der Waals surface area (Å²) in [6.07, 6.45) is 7.86. The molecule has 0 saturated heterocycles. The lowest BCUT2D eigenvalue weighted by molar-refractivity contribution is 0.229. The zero-order valence-corrected chi connectivity index (χ0v) is 17.6. The average Bonchev–Trinajstić information content (AvgIpc) is 2.67. The minimum Gasteiger partial charge on any atom is -0.493 e. The zero-order valence-electron chi connectivity index (χ0n) is 17.6.